The smallest absolute Gasteiger partial charge is 0.245 e. The molecule has 0 saturated carbocycles. The Labute approximate surface area is 218 Å². The Morgan fingerprint density at radius 3 is 2.14 bits per heavy atom. The number of nitrogens with one attached hydrogen (secondary N) is 1. The second-order valence-electron chi connectivity index (χ2n) is 10.4. The van der Waals surface area contributed by atoms with Gasteiger partial charge in [-0.2, -0.15) is 5.10 Å². The van der Waals surface area contributed by atoms with Crippen molar-refractivity contribution < 1.29 is 9.59 Å². The molecule has 3 aromatic carbocycles. The lowest BCUT2D eigenvalue weighted by atomic mass is 9.92. The standard InChI is InChI=1S/C31H34N4O2/c1-23-12-11-17-26(18-23)35-28(20-27(33-35)31(2,3)4)32-29(36)22-34(21-25-15-9-6-10-16-25)30(37)19-24-13-7-5-8-14-24/h5-18,20H,19,21-22H2,1-4H3,(H,32,36). The van der Waals surface area contributed by atoms with Crippen molar-refractivity contribution in [2.24, 2.45) is 0 Å². The van der Waals surface area contributed by atoms with Crippen molar-refractivity contribution in [3.63, 3.8) is 0 Å². The number of aryl methyl sites for hydroxylation is 1. The normalized spacial score (nSPS) is 11.2. The molecule has 6 heteroatoms. The number of rotatable bonds is 8. The zero-order chi connectivity index (χ0) is 26.4. The summed E-state index contributed by atoms with van der Waals surface area (Å²) in [5.41, 5.74) is 4.52. The van der Waals surface area contributed by atoms with Crippen LogP contribution in [0.15, 0.2) is 91.0 Å². The molecule has 4 aromatic rings. The van der Waals surface area contributed by atoms with Gasteiger partial charge in [0.1, 0.15) is 12.4 Å². The number of carbonyl (C=O) groups is 2. The molecule has 190 valence electrons. The molecule has 2 amide bonds. The highest BCUT2D eigenvalue weighted by molar-refractivity contribution is 5.94. The zero-order valence-corrected chi connectivity index (χ0v) is 21.9. The third kappa shape index (κ3) is 6.94. The fraction of sp³-hybridized carbons (Fsp3) is 0.258. The van der Waals surface area contributed by atoms with Gasteiger partial charge in [-0.3, -0.25) is 9.59 Å². The van der Waals surface area contributed by atoms with Crippen LogP contribution in [0.1, 0.15) is 43.2 Å². The van der Waals surface area contributed by atoms with Crippen LogP contribution in [-0.2, 0) is 28.0 Å². The van der Waals surface area contributed by atoms with Gasteiger partial charge in [0.15, 0.2) is 0 Å². The lowest BCUT2D eigenvalue weighted by Gasteiger charge is -2.23. The first-order valence-electron chi connectivity index (χ1n) is 12.5. The van der Waals surface area contributed by atoms with Crippen LogP contribution < -0.4 is 5.32 Å². The van der Waals surface area contributed by atoms with E-state index in [2.05, 4.69) is 26.1 Å². The third-order valence-electron chi connectivity index (χ3n) is 6.09. The highest BCUT2D eigenvalue weighted by Gasteiger charge is 2.23. The van der Waals surface area contributed by atoms with E-state index in [0.717, 1.165) is 28.1 Å². The van der Waals surface area contributed by atoms with Gasteiger partial charge >= 0.3 is 0 Å². The quantitative estimate of drug-likeness (QED) is 0.342. The number of amides is 2. The Balaban J connectivity index is 1.58. The van der Waals surface area contributed by atoms with Gasteiger partial charge in [-0.15, -0.1) is 0 Å². The van der Waals surface area contributed by atoms with E-state index < -0.39 is 0 Å². The van der Waals surface area contributed by atoms with Crippen molar-refractivity contribution in [2.75, 3.05) is 11.9 Å². The largest absolute Gasteiger partial charge is 0.329 e. The fourth-order valence-corrected chi connectivity index (χ4v) is 4.07. The van der Waals surface area contributed by atoms with Crippen molar-refractivity contribution in [1.29, 1.82) is 0 Å². The fourth-order valence-electron chi connectivity index (χ4n) is 4.07. The first-order chi connectivity index (χ1) is 17.7. The molecular weight excluding hydrogens is 460 g/mol. The Bertz CT molecular complexity index is 1350. The van der Waals surface area contributed by atoms with Crippen LogP contribution in [-0.4, -0.2) is 33.0 Å². The molecule has 4 rings (SSSR count). The van der Waals surface area contributed by atoms with Crippen LogP contribution in [0, 0.1) is 6.92 Å². The van der Waals surface area contributed by atoms with Gasteiger partial charge in [-0.25, -0.2) is 4.68 Å². The van der Waals surface area contributed by atoms with E-state index in [0.29, 0.717) is 12.4 Å². The number of aromatic nitrogens is 2. The summed E-state index contributed by atoms with van der Waals surface area (Å²) in [4.78, 5) is 28.2. The van der Waals surface area contributed by atoms with Gasteiger partial charge in [-0.05, 0) is 35.7 Å². The number of carbonyl (C=O) groups excluding carboxylic acids is 2. The lowest BCUT2D eigenvalue weighted by molar-refractivity contribution is -0.134. The number of benzene rings is 3. The lowest BCUT2D eigenvalue weighted by Crippen LogP contribution is -2.38. The van der Waals surface area contributed by atoms with E-state index in [1.807, 2.05) is 97.9 Å². The van der Waals surface area contributed by atoms with Crippen molar-refractivity contribution >= 4 is 17.6 Å². The molecule has 0 fully saturated rings. The Morgan fingerprint density at radius 2 is 1.51 bits per heavy atom. The summed E-state index contributed by atoms with van der Waals surface area (Å²) in [6.07, 6.45) is 0.232. The molecule has 0 saturated heterocycles. The Hall–Kier alpha value is -4.19. The van der Waals surface area contributed by atoms with Gasteiger partial charge < -0.3 is 10.2 Å². The van der Waals surface area contributed by atoms with Gasteiger partial charge in [0.05, 0.1) is 17.8 Å². The molecule has 1 N–H and O–H groups in total. The summed E-state index contributed by atoms with van der Waals surface area (Å²) in [5.74, 6) is 0.204. The third-order valence-corrected chi connectivity index (χ3v) is 6.09. The average Bonchev–Trinajstić information content (AvgIpc) is 3.29. The summed E-state index contributed by atoms with van der Waals surface area (Å²) in [6, 6.07) is 29.2. The van der Waals surface area contributed by atoms with Gasteiger partial charge in [0.2, 0.25) is 11.8 Å². The predicted molar refractivity (Wildman–Crippen MR) is 148 cm³/mol. The molecule has 0 unspecified atom stereocenters. The summed E-state index contributed by atoms with van der Waals surface area (Å²) < 4.78 is 1.76. The molecule has 1 heterocycles. The molecule has 1 aromatic heterocycles. The minimum absolute atomic E-state index is 0.0651. The maximum absolute atomic E-state index is 13.3. The van der Waals surface area contributed by atoms with Crippen LogP contribution in [0.4, 0.5) is 5.82 Å². The molecule has 6 nitrogen and oxygen atoms in total. The topological polar surface area (TPSA) is 67.2 Å². The van der Waals surface area contributed by atoms with Gasteiger partial charge in [0.25, 0.3) is 0 Å². The number of anilines is 1. The molecule has 0 spiro atoms. The van der Waals surface area contributed by atoms with E-state index in [9.17, 15) is 9.59 Å². The predicted octanol–water partition coefficient (Wildman–Crippen LogP) is 5.69. The van der Waals surface area contributed by atoms with Crippen LogP contribution in [0.3, 0.4) is 0 Å². The Morgan fingerprint density at radius 1 is 0.865 bits per heavy atom. The second kappa shape index (κ2) is 11.2. The monoisotopic (exact) mass is 494 g/mol. The summed E-state index contributed by atoms with van der Waals surface area (Å²) in [6.45, 7) is 8.58. The summed E-state index contributed by atoms with van der Waals surface area (Å²) >= 11 is 0. The first-order valence-corrected chi connectivity index (χ1v) is 12.5. The molecule has 0 aliphatic heterocycles. The molecular formula is C31H34N4O2. The van der Waals surface area contributed by atoms with Crippen molar-refractivity contribution in [3.05, 3.63) is 113 Å². The van der Waals surface area contributed by atoms with Crippen molar-refractivity contribution in [2.45, 2.75) is 46.1 Å². The van der Waals surface area contributed by atoms with E-state index in [-0.39, 0.29) is 30.2 Å². The molecule has 0 radical (unpaired) electrons. The molecule has 0 aliphatic rings. The number of nitrogens with zero attached hydrogens (tertiary/aromatic N) is 3. The second-order valence-corrected chi connectivity index (χ2v) is 10.4. The van der Waals surface area contributed by atoms with Crippen LogP contribution in [0.25, 0.3) is 5.69 Å². The summed E-state index contributed by atoms with van der Waals surface area (Å²) in [5, 5.41) is 7.83. The highest BCUT2D eigenvalue weighted by Crippen LogP contribution is 2.26. The maximum Gasteiger partial charge on any atom is 0.245 e. The molecule has 0 atom stereocenters. The summed E-state index contributed by atoms with van der Waals surface area (Å²) in [7, 11) is 0. The van der Waals surface area contributed by atoms with Crippen LogP contribution >= 0.6 is 0 Å². The zero-order valence-electron chi connectivity index (χ0n) is 21.9. The van der Waals surface area contributed by atoms with Gasteiger partial charge in [-0.1, -0.05) is 93.6 Å². The number of hydrogen-bond acceptors (Lipinski definition) is 3. The van der Waals surface area contributed by atoms with Gasteiger partial charge in [0, 0.05) is 18.0 Å². The highest BCUT2D eigenvalue weighted by atomic mass is 16.2. The number of hydrogen-bond donors (Lipinski definition) is 1. The minimum atomic E-state index is -0.272. The molecule has 0 bridgehead atoms. The van der Waals surface area contributed by atoms with E-state index in [1.54, 1.807) is 9.58 Å². The SMILES string of the molecule is Cc1cccc(-n2nc(C(C)(C)C)cc2NC(=O)CN(Cc2ccccc2)C(=O)Cc2ccccc2)c1. The maximum atomic E-state index is 13.3. The average molecular weight is 495 g/mol. The van der Waals surface area contributed by atoms with E-state index >= 15 is 0 Å². The van der Waals surface area contributed by atoms with Crippen molar-refractivity contribution in [1.82, 2.24) is 14.7 Å². The van der Waals surface area contributed by atoms with Crippen LogP contribution in [0.5, 0.6) is 0 Å². The Kier molecular flexibility index (Phi) is 7.87. The van der Waals surface area contributed by atoms with E-state index in [1.165, 1.54) is 0 Å². The minimum Gasteiger partial charge on any atom is -0.329 e. The first kappa shape index (κ1) is 25.9. The van der Waals surface area contributed by atoms with Crippen molar-refractivity contribution in [3.8, 4) is 5.69 Å². The molecule has 37 heavy (non-hydrogen) atoms. The van der Waals surface area contributed by atoms with E-state index in [4.69, 9.17) is 5.10 Å². The van der Waals surface area contributed by atoms with Crippen LogP contribution in [0.2, 0.25) is 0 Å². The molecule has 0 aliphatic carbocycles.